The van der Waals surface area contributed by atoms with Crippen LogP contribution in [0.15, 0.2) is 12.2 Å². The Balaban J connectivity index is 0. The van der Waals surface area contributed by atoms with E-state index in [0.29, 0.717) is 0 Å². The molecule has 0 aromatic heterocycles. The Bertz CT molecular complexity index is 208. The highest BCUT2D eigenvalue weighted by Crippen LogP contribution is 2.10. The van der Waals surface area contributed by atoms with Crippen molar-refractivity contribution in [2.45, 2.75) is 64.2 Å². The molecule has 4 heteroatoms. The molecule has 0 amide bonds. The van der Waals surface area contributed by atoms with Crippen molar-refractivity contribution in [1.82, 2.24) is 0 Å². The molecule has 0 aliphatic carbocycles. The monoisotopic (exact) mass is 277 g/mol. The van der Waals surface area contributed by atoms with E-state index in [1.54, 1.807) is 6.08 Å². The van der Waals surface area contributed by atoms with Gasteiger partial charge in [0.25, 0.3) is 0 Å². The molecule has 0 heterocycles. The van der Waals surface area contributed by atoms with E-state index >= 15 is 0 Å². The second kappa shape index (κ2) is 16.5. The molecule has 0 saturated heterocycles. The first-order chi connectivity index (χ1) is 8.27. The summed E-state index contributed by atoms with van der Waals surface area (Å²) in [6.45, 7) is 0.823. The minimum absolute atomic E-state index is 0. The zero-order chi connectivity index (χ0) is 12.8. The highest BCUT2D eigenvalue weighted by Gasteiger charge is 1.92. The average molecular weight is 278 g/mol. The molecule has 0 aromatic carbocycles. The lowest BCUT2D eigenvalue weighted by molar-refractivity contribution is -0.131. The fourth-order valence-corrected chi connectivity index (χ4v) is 1.83. The first-order valence-electron chi connectivity index (χ1n) is 6.87. The van der Waals surface area contributed by atoms with Gasteiger partial charge in [-0.3, -0.25) is 0 Å². The third-order valence-electron chi connectivity index (χ3n) is 2.84. The number of nitrogens with two attached hydrogens (primary N) is 1. The fraction of sp³-hybridized carbons (Fsp3) is 0.786. The third kappa shape index (κ3) is 17.8. The van der Waals surface area contributed by atoms with Crippen LogP contribution in [0.2, 0.25) is 0 Å². The number of halogens is 1. The molecular formula is C14H28ClNO2. The van der Waals surface area contributed by atoms with Gasteiger partial charge in [-0.1, -0.05) is 51.0 Å². The van der Waals surface area contributed by atoms with Crippen molar-refractivity contribution in [3.63, 3.8) is 0 Å². The number of carboxylic acid groups (broad SMARTS) is 1. The lowest BCUT2D eigenvalue weighted by Crippen LogP contribution is -1.97. The first-order valence-corrected chi connectivity index (χ1v) is 6.87. The molecule has 0 atom stereocenters. The summed E-state index contributed by atoms with van der Waals surface area (Å²) >= 11 is 0. The Morgan fingerprint density at radius 1 is 0.889 bits per heavy atom. The molecule has 0 aliphatic rings. The molecule has 0 unspecified atom stereocenters. The van der Waals surface area contributed by atoms with Crippen molar-refractivity contribution in [3.8, 4) is 0 Å². The van der Waals surface area contributed by atoms with Crippen LogP contribution in [0.3, 0.4) is 0 Å². The van der Waals surface area contributed by atoms with Gasteiger partial charge in [0.05, 0.1) is 0 Å². The van der Waals surface area contributed by atoms with Gasteiger partial charge in [0, 0.05) is 6.08 Å². The van der Waals surface area contributed by atoms with Crippen LogP contribution < -0.4 is 5.73 Å². The van der Waals surface area contributed by atoms with Gasteiger partial charge in [-0.05, 0) is 25.8 Å². The molecule has 0 spiro atoms. The minimum atomic E-state index is -0.845. The number of hydrogen-bond acceptors (Lipinski definition) is 2. The first kappa shape index (κ1) is 19.8. The Kier molecular flexibility index (Phi) is 18.1. The number of aliphatic carboxylic acids is 1. The van der Waals surface area contributed by atoms with Crippen LogP contribution in [0.5, 0.6) is 0 Å². The Morgan fingerprint density at radius 2 is 1.33 bits per heavy atom. The molecular weight excluding hydrogens is 250 g/mol. The van der Waals surface area contributed by atoms with E-state index in [0.717, 1.165) is 25.8 Å². The van der Waals surface area contributed by atoms with E-state index < -0.39 is 5.97 Å². The van der Waals surface area contributed by atoms with Gasteiger partial charge >= 0.3 is 5.97 Å². The van der Waals surface area contributed by atoms with E-state index in [4.69, 9.17) is 10.8 Å². The summed E-state index contributed by atoms with van der Waals surface area (Å²) in [5, 5.41) is 8.38. The molecule has 0 aromatic rings. The predicted octanol–water partition coefficient (Wildman–Crippen LogP) is 3.91. The van der Waals surface area contributed by atoms with E-state index in [1.165, 1.54) is 51.0 Å². The smallest absolute Gasteiger partial charge is 0.327 e. The van der Waals surface area contributed by atoms with Crippen LogP contribution in [0.4, 0.5) is 0 Å². The van der Waals surface area contributed by atoms with Crippen molar-refractivity contribution in [2.75, 3.05) is 6.54 Å². The van der Waals surface area contributed by atoms with Gasteiger partial charge in [-0.2, -0.15) is 0 Å². The summed E-state index contributed by atoms with van der Waals surface area (Å²) in [6, 6.07) is 0. The van der Waals surface area contributed by atoms with E-state index in [2.05, 4.69) is 0 Å². The standard InChI is InChI=1S/C14H27NO2.ClH/c15-13-11-9-7-5-3-1-2-4-6-8-10-12-14(16)17;/h10,12H,1-9,11,13,15H2,(H,16,17);1H. The maximum Gasteiger partial charge on any atom is 0.327 e. The number of allylic oxidation sites excluding steroid dienone is 1. The van der Waals surface area contributed by atoms with E-state index in [9.17, 15) is 4.79 Å². The molecule has 0 bridgehead atoms. The van der Waals surface area contributed by atoms with Crippen molar-refractivity contribution < 1.29 is 9.90 Å². The maximum atomic E-state index is 10.2. The zero-order valence-electron chi connectivity index (χ0n) is 11.3. The van der Waals surface area contributed by atoms with Gasteiger partial charge in [0.2, 0.25) is 0 Å². The molecule has 0 radical (unpaired) electrons. The largest absolute Gasteiger partial charge is 0.478 e. The summed E-state index contributed by atoms with van der Waals surface area (Å²) in [5.41, 5.74) is 5.43. The normalized spacial score (nSPS) is 10.5. The zero-order valence-corrected chi connectivity index (χ0v) is 12.1. The quantitative estimate of drug-likeness (QED) is 0.420. The van der Waals surface area contributed by atoms with E-state index in [-0.39, 0.29) is 12.4 Å². The van der Waals surface area contributed by atoms with Crippen molar-refractivity contribution in [2.24, 2.45) is 5.73 Å². The average Bonchev–Trinajstić information content (AvgIpc) is 2.30. The van der Waals surface area contributed by atoms with Crippen LogP contribution in [-0.2, 0) is 4.79 Å². The molecule has 0 rings (SSSR count). The highest BCUT2D eigenvalue weighted by atomic mass is 35.5. The van der Waals surface area contributed by atoms with Gasteiger partial charge in [-0.25, -0.2) is 4.79 Å². The highest BCUT2D eigenvalue weighted by molar-refractivity contribution is 5.85. The summed E-state index contributed by atoms with van der Waals surface area (Å²) in [6.07, 6.45) is 15.2. The predicted molar refractivity (Wildman–Crippen MR) is 79.2 cm³/mol. The van der Waals surface area contributed by atoms with Crippen LogP contribution >= 0.6 is 12.4 Å². The molecule has 3 N–H and O–H groups in total. The van der Waals surface area contributed by atoms with Gasteiger partial charge in [0.15, 0.2) is 0 Å². The molecule has 0 aliphatic heterocycles. The summed E-state index contributed by atoms with van der Waals surface area (Å²) in [5.74, 6) is -0.845. The van der Waals surface area contributed by atoms with Crippen molar-refractivity contribution in [3.05, 3.63) is 12.2 Å². The fourth-order valence-electron chi connectivity index (χ4n) is 1.83. The van der Waals surface area contributed by atoms with Crippen LogP contribution in [0.25, 0.3) is 0 Å². The number of unbranched alkanes of at least 4 members (excludes halogenated alkanes) is 9. The lowest BCUT2D eigenvalue weighted by Gasteiger charge is -2.01. The molecule has 0 saturated carbocycles. The van der Waals surface area contributed by atoms with Gasteiger partial charge < -0.3 is 10.8 Å². The number of hydrogen-bond donors (Lipinski definition) is 2. The lowest BCUT2D eigenvalue weighted by atomic mass is 10.1. The van der Waals surface area contributed by atoms with E-state index in [1.807, 2.05) is 0 Å². The molecule has 3 nitrogen and oxygen atoms in total. The Hall–Kier alpha value is -0.540. The third-order valence-corrected chi connectivity index (χ3v) is 2.84. The second-order valence-electron chi connectivity index (χ2n) is 4.50. The Labute approximate surface area is 117 Å². The SMILES string of the molecule is Cl.NCCCCCCCCCCCC=CC(=O)O. The van der Waals surface area contributed by atoms with Crippen LogP contribution in [0, 0.1) is 0 Å². The summed E-state index contributed by atoms with van der Waals surface area (Å²) in [4.78, 5) is 10.2. The van der Waals surface area contributed by atoms with Gasteiger partial charge in [-0.15, -0.1) is 12.4 Å². The maximum absolute atomic E-state index is 10.2. The number of carbonyl (C=O) groups is 1. The topological polar surface area (TPSA) is 63.3 Å². The van der Waals surface area contributed by atoms with Crippen molar-refractivity contribution in [1.29, 1.82) is 0 Å². The van der Waals surface area contributed by atoms with Crippen LogP contribution in [0.1, 0.15) is 64.2 Å². The number of rotatable bonds is 12. The van der Waals surface area contributed by atoms with Gasteiger partial charge in [0.1, 0.15) is 0 Å². The minimum Gasteiger partial charge on any atom is -0.478 e. The van der Waals surface area contributed by atoms with Crippen molar-refractivity contribution >= 4 is 18.4 Å². The van der Waals surface area contributed by atoms with Crippen LogP contribution in [-0.4, -0.2) is 17.6 Å². The second-order valence-corrected chi connectivity index (χ2v) is 4.50. The Morgan fingerprint density at radius 3 is 1.78 bits per heavy atom. The molecule has 108 valence electrons. The number of carboxylic acids is 1. The molecule has 18 heavy (non-hydrogen) atoms. The summed E-state index contributed by atoms with van der Waals surface area (Å²) < 4.78 is 0. The summed E-state index contributed by atoms with van der Waals surface area (Å²) in [7, 11) is 0. The molecule has 0 fully saturated rings.